The Labute approximate surface area is 141 Å². The summed E-state index contributed by atoms with van der Waals surface area (Å²) in [5.74, 6) is -0.143. The average molecular weight is 352 g/mol. The minimum absolute atomic E-state index is 0.143. The van der Waals surface area contributed by atoms with E-state index in [0.29, 0.717) is 5.03 Å². The second-order valence-corrected chi connectivity index (χ2v) is 6.70. The fraction of sp³-hybridized carbons (Fsp3) is 0.294. The van der Waals surface area contributed by atoms with Crippen molar-refractivity contribution in [1.82, 2.24) is 10.3 Å². The first-order valence-electron chi connectivity index (χ1n) is 7.49. The summed E-state index contributed by atoms with van der Waals surface area (Å²) >= 11 is 1.15. The SMILES string of the molecule is O=C(NC1CC1)C(Sc1ccc(C(F)(F)F)cn1)c1ccccc1. The molecule has 1 aromatic heterocycles. The highest BCUT2D eigenvalue weighted by Gasteiger charge is 2.32. The highest BCUT2D eigenvalue weighted by molar-refractivity contribution is 8.00. The Balaban J connectivity index is 1.79. The van der Waals surface area contributed by atoms with Crippen LogP contribution in [0.25, 0.3) is 0 Å². The molecule has 1 aromatic carbocycles. The lowest BCUT2D eigenvalue weighted by Gasteiger charge is -2.16. The molecule has 0 bridgehead atoms. The van der Waals surface area contributed by atoms with Crippen molar-refractivity contribution in [3.8, 4) is 0 Å². The van der Waals surface area contributed by atoms with E-state index in [2.05, 4.69) is 10.3 Å². The van der Waals surface area contributed by atoms with Crippen molar-refractivity contribution in [1.29, 1.82) is 0 Å². The van der Waals surface area contributed by atoms with E-state index < -0.39 is 17.0 Å². The molecule has 1 aliphatic carbocycles. The number of thioether (sulfide) groups is 1. The Morgan fingerprint density at radius 3 is 2.42 bits per heavy atom. The summed E-state index contributed by atoms with van der Waals surface area (Å²) in [5, 5.41) is 2.77. The second kappa shape index (κ2) is 6.84. The van der Waals surface area contributed by atoms with Crippen LogP contribution in [-0.2, 0) is 11.0 Å². The van der Waals surface area contributed by atoms with Gasteiger partial charge < -0.3 is 5.32 Å². The largest absolute Gasteiger partial charge is 0.417 e. The van der Waals surface area contributed by atoms with Gasteiger partial charge in [0.2, 0.25) is 5.91 Å². The number of benzene rings is 1. The van der Waals surface area contributed by atoms with E-state index in [9.17, 15) is 18.0 Å². The van der Waals surface area contributed by atoms with Gasteiger partial charge in [-0.3, -0.25) is 4.79 Å². The normalized spacial score (nSPS) is 15.8. The fourth-order valence-electron chi connectivity index (χ4n) is 2.14. The molecule has 0 radical (unpaired) electrons. The smallest absolute Gasteiger partial charge is 0.352 e. The van der Waals surface area contributed by atoms with Gasteiger partial charge in [0.1, 0.15) is 5.25 Å². The van der Waals surface area contributed by atoms with Crippen LogP contribution in [0.1, 0.15) is 29.2 Å². The van der Waals surface area contributed by atoms with Crippen LogP contribution in [0.5, 0.6) is 0 Å². The standard InChI is InChI=1S/C17H15F3N2OS/c18-17(19,20)12-6-9-14(21-10-12)24-15(11-4-2-1-3-5-11)16(23)22-13-7-8-13/h1-6,9-10,13,15H,7-8H2,(H,22,23). The summed E-state index contributed by atoms with van der Waals surface area (Å²) in [6.07, 6.45) is -1.69. The van der Waals surface area contributed by atoms with Crippen molar-refractivity contribution in [3.63, 3.8) is 0 Å². The molecule has 0 spiro atoms. The van der Waals surface area contributed by atoms with Gasteiger partial charge in [0, 0.05) is 12.2 Å². The lowest BCUT2D eigenvalue weighted by Crippen LogP contribution is -2.29. The minimum Gasteiger partial charge on any atom is -0.352 e. The Kier molecular flexibility index (Phi) is 4.80. The Morgan fingerprint density at radius 1 is 1.17 bits per heavy atom. The van der Waals surface area contributed by atoms with Crippen molar-refractivity contribution in [3.05, 3.63) is 59.8 Å². The van der Waals surface area contributed by atoms with Gasteiger partial charge in [-0.2, -0.15) is 13.2 Å². The summed E-state index contributed by atoms with van der Waals surface area (Å²) in [6.45, 7) is 0. The van der Waals surface area contributed by atoms with Crippen molar-refractivity contribution in [2.75, 3.05) is 0 Å². The topological polar surface area (TPSA) is 42.0 Å². The van der Waals surface area contributed by atoms with Crippen LogP contribution in [0.15, 0.2) is 53.7 Å². The Hall–Kier alpha value is -2.02. The molecule has 1 fully saturated rings. The van der Waals surface area contributed by atoms with E-state index in [1.165, 1.54) is 6.07 Å². The number of nitrogens with zero attached hydrogens (tertiary/aromatic N) is 1. The summed E-state index contributed by atoms with van der Waals surface area (Å²) in [7, 11) is 0. The number of nitrogens with one attached hydrogen (secondary N) is 1. The third-order valence-electron chi connectivity index (χ3n) is 3.57. The fourth-order valence-corrected chi connectivity index (χ4v) is 3.11. The van der Waals surface area contributed by atoms with Gasteiger partial charge in [-0.25, -0.2) is 4.98 Å². The van der Waals surface area contributed by atoms with Gasteiger partial charge in [-0.15, -0.1) is 0 Å². The first-order chi connectivity index (χ1) is 11.4. The van der Waals surface area contributed by atoms with Crippen LogP contribution < -0.4 is 5.32 Å². The maximum absolute atomic E-state index is 12.6. The van der Waals surface area contributed by atoms with Gasteiger partial charge >= 0.3 is 6.18 Å². The lowest BCUT2D eigenvalue weighted by atomic mass is 10.1. The minimum atomic E-state index is -4.42. The zero-order valence-corrected chi connectivity index (χ0v) is 13.4. The molecule has 0 saturated heterocycles. The summed E-state index contributed by atoms with van der Waals surface area (Å²) in [5.41, 5.74) is -0.00658. The molecule has 1 N–H and O–H groups in total. The highest BCUT2D eigenvalue weighted by Crippen LogP contribution is 2.36. The quantitative estimate of drug-likeness (QED) is 0.820. The molecular formula is C17H15F3N2OS. The molecule has 3 nitrogen and oxygen atoms in total. The van der Waals surface area contributed by atoms with Crippen LogP contribution >= 0.6 is 11.8 Å². The Bertz CT molecular complexity index is 700. The van der Waals surface area contributed by atoms with Crippen molar-refractivity contribution in [2.45, 2.75) is 35.3 Å². The van der Waals surface area contributed by atoms with Crippen LogP contribution in [0, 0.1) is 0 Å². The van der Waals surface area contributed by atoms with Gasteiger partial charge in [0.25, 0.3) is 0 Å². The summed E-state index contributed by atoms with van der Waals surface area (Å²) < 4.78 is 37.8. The number of aromatic nitrogens is 1. The van der Waals surface area contributed by atoms with Gasteiger partial charge in [0.15, 0.2) is 0 Å². The van der Waals surface area contributed by atoms with Gasteiger partial charge in [-0.05, 0) is 30.5 Å². The van der Waals surface area contributed by atoms with Gasteiger partial charge in [0.05, 0.1) is 10.6 Å². The molecule has 1 atom stereocenters. The molecule has 126 valence electrons. The van der Waals surface area contributed by atoms with Crippen LogP contribution in [0.3, 0.4) is 0 Å². The maximum atomic E-state index is 12.6. The number of rotatable bonds is 5. The lowest BCUT2D eigenvalue weighted by molar-refractivity contribution is -0.137. The predicted octanol–water partition coefficient (Wildman–Crippen LogP) is 4.21. The molecule has 1 unspecified atom stereocenters. The van der Waals surface area contributed by atoms with E-state index in [4.69, 9.17) is 0 Å². The molecule has 1 heterocycles. The molecule has 7 heteroatoms. The number of hydrogen-bond acceptors (Lipinski definition) is 3. The first-order valence-corrected chi connectivity index (χ1v) is 8.36. The number of alkyl halides is 3. The van der Waals surface area contributed by atoms with E-state index >= 15 is 0 Å². The molecule has 2 aromatic rings. The van der Waals surface area contributed by atoms with Crippen molar-refractivity contribution < 1.29 is 18.0 Å². The third kappa shape index (κ3) is 4.29. The van der Waals surface area contributed by atoms with Gasteiger partial charge in [-0.1, -0.05) is 42.1 Å². The molecule has 1 aliphatic rings. The number of carbonyl (C=O) groups is 1. The molecule has 1 saturated carbocycles. The highest BCUT2D eigenvalue weighted by atomic mass is 32.2. The summed E-state index contributed by atoms with van der Waals surface area (Å²) in [4.78, 5) is 16.3. The zero-order chi connectivity index (χ0) is 17.2. The van der Waals surface area contributed by atoms with Crippen LogP contribution in [0.4, 0.5) is 13.2 Å². The summed E-state index contributed by atoms with van der Waals surface area (Å²) in [6, 6.07) is 11.7. The number of amides is 1. The van der Waals surface area contributed by atoms with Crippen LogP contribution in [0.2, 0.25) is 0 Å². The number of halogens is 3. The monoisotopic (exact) mass is 352 g/mol. The molecule has 3 rings (SSSR count). The predicted molar refractivity (Wildman–Crippen MR) is 85.4 cm³/mol. The van der Waals surface area contributed by atoms with Crippen LogP contribution in [-0.4, -0.2) is 16.9 Å². The number of hydrogen-bond donors (Lipinski definition) is 1. The first kappa shape index (κ1) is 16.8. The van der Waals surface area contributed by atoms with E-state index in [1.807, 2.05) is 30.3 Å². The number of pyridine rings is 1. The number of carbonyl (C=O) groups excluding carboxylic acids is 1. The van der Waals surface area contributed by atoms with E-state index in [0.717, 1.165) is 42.4 Å². The average Bonchev–Trinajstić information content (AvgIpc) is 3.37. The third-order valence-corrected chi connectivity index (χ3v) is 4.77. The molecule has 1 amide bonds. The van der Waals surface area contributed by atoms with E-state index in [-0.39, 0.29) is 11.9 Å². The Morgan fingerprint density at radius 2 is 1.88 bits per heavy atom. The second-order valence-electron chi connectivity index (χ2n) is 5.57. The molecule has 24 heavy (non-hydrogen) atoms. The van der Waals surface area contributed by atoms with E-state index in [1.54, 1.807) is 0 Å². The van der Waals surface area contributed by atoms with Crippen molar-refractivity contribution >= 4 is 17.7 Å². The zero-order valence-electron chi connectivity index (χ0n) is 12.6. The maximum Gasteiger partial charge on any atom is 0.417 e. The molecular weight excluding hydrogens is 337 g/mol. The molecule has 0 aliphatic heterocycles. The van der Waals surface area contributed by atoms with Crippen molar-refractivity contribution in [2.24, 2.45) is 0 Å².